The third-order valence-electron chi connectivity index (χ3n) is 6.54. The van der Waals surface area contributed by atoms with Crippen molar-refractivity contribution in [1.29, 1.82) is 0 Å². The van der Waals surface area contributed by atoms with Gasteiger partial charge in [-0.25, -0.2) is 0 Å². The number of nitrogens with zero attached hydrogens (tertiary/aromatic N) is 1. The third kappa shape index (κ3) is 5.15. The van der Waals surface area contributed by atoms with Gasteiger partial charge in [0.25, 0.3) is 5.91 Å². The van der Waals surface area contributed by atoms with Gasteiger partial charge in [0, 0.05) is 25.3 Å². The van der Waals surface area contributed by atoms with E-state index in [2.05, 4.69) is 5.32 Å². The maximum absolute atomic E-state index is 13.7. The monoisotopic (exact) mass is 480 g/mol. The first-order valence-electron chi connectivity index (χ1n) is 12.7. The Bertz CT molecular complexity index is 1070. The van der Waals surface area contributed by atoms with Crippen molar-refractivity contribution < 1.29 is 23.8 Å². The molecule has 2 aromatic rings. The molecule has 1 N–H and O–H groups in total. The summed E-state index contributed by atoms with van der Waals surface area (Å²) >= 11 is 0. The lowest BCUT2D eigenvalue weighted by Crippen LogP contribution is -2.50. The van der Waals surface area contributed by atoms with Gasteiger partial charge in [0.05, 0.1) is 31.3 Å². The van der Waals surface area contributed by atoms with Crippen molar-refractivity contribution in [2.24, 2.45) is 0 Å². The zero-order valence-electron chi connectivity index (χ0n) is 21.1. The Morgan fingerprint density at radius 3 is 2.51 bits per heavy atom. The molecular weight excluding hydrogens is 444 g/mol. The van der Waals surface area contributed by atoms with Gasteiger partial charge in [0.2, 0.25) is 5.91 Å². The highest BCUT2D eigenvalue weighted by Crippen LogP contribution is 2.48. The van der Waals surface area contributed by atoms with E-state index in [-0.39, 0.29) is 17.9 Å². The van der Waals surface area contributed by atoms with Crippen LogP contribution in [0.15, 0.2) is 36.4 Å². The average Bonchev–Trinajstić information content (AvgIpc) is 2.84. The summed E-state index contributed by atoms with van der Waals surface area (Å²) < 4.78 is 17.3. The largest absolute Gasteiger partial charge is 0.490 e. The first kappa shape index (κ1) is 25.0. The van der Waals surface area contributed by atoms with Crippen LogP contribution in [0.5, 0.6) is 11.5 Å². The molecule has 2 heterocycles. The SMILES string of the molecule is CCOc1cc2c(cc1OCC)[C@@H]1[C@H](C(=O)NCCCOC(C)C)c3ccccc3C(=O)N1CC2. The lowest BCUT2D eigenvalue weighted by atomic mass is 9.75. The fourth-order valence-electron chi connectivity index (χ4n) is 5.07. The van der Waals surface area contributed by atoms with Crippen molar-refractivity contribution in [3.05, 3.63) is 58.7 Å². The molecule has 2 aromatic carbocycles. The Kier molecular flexibility index (Phi) is 7.96. The van der Waals surface area contributed by atoms with E-state index in [1.165, 1.54) is 0 Å². The van der Waals surface area contributed by atoms with E-state index >= 15 is 0 Å². The van der Waals surface area contributed by atoms with Gasteiger partial charge in [0.15, 0.2) is 11.5 Å². The Morgan fingerprint density at radius 2 is 1.80 bits per heavy atom. The number of ether oxygens (including phenoxy) is 3. The molecule has 2 amide bonds. The topological polar surface area (TPSA) is 77.1 Å². The zero-order valence-corrected chi connectivity index (χ0v) is 21.1. The zero-order chi connectivity index (χ0) is 24.9. The van der Waals surface area contributed by atoms with E-state index in [9.17, 15) is 9.59 Å². The molecule has 188 valence electrons. The van der Waals surface area contributed by atoms with Gasteiger partial charge in [0.1, 0.15) is 0 Å². The summed E-state index contributed by atoms with van der Waals surface area (Å²) in [6.07, 6.45) is 1.59. The number of hydrogen-bond donors (Lipinski definition) is 1. The molecule has 0 fully saturated rings. The Hall–Kier alpha value is -3.06. The second-order valence-electron chi connectivity index (χ2n) is 9.19. The Labute approximate surface area is 207 Å². The number of carbonyl (C=O) groups excluding carboxylic acids is 2. The van der Waals surface area contributed by atoms with Crippen LogP contribution in [0, 0.1) is 0 Å². The molecule has 2 atom stereocenters. The molecule has 0 saturated carbocycles. The molecule has 0 radical (unpaired) electrons. The van der Waals surface area contributed by atoms with E-state index < -0.39 is 12.0 Å². The maximum Gasteiger partial charge on any atom is 0.254 e. The van der Waals surface area contributed by atoms with Crippen molar-refractivity contribution in [3.8, 4) is 11.5 Å². The van der Waals surface area contributed by atoms with Gasteiger partial charge in [-0.15, -0.1) is 0 Å². The molecule has 0 spiro atoms. The summed E-state index contributed by atoms with van der Waals surface area (Å²) in [5.41, 5.74) is 3.42. The van der Waals surface area contributed by atoms with Crippen molar-refractivity contribution in [3.63, 3.8) is 0 Å². The van der Waals surface area contributed by atoms with Gasteiger partial charge in [-0.3, -0.25) is 9.59 Å². The van der Waals surface area contributed by atoms with E-state index in [4.69, 9.17) is 14.2 Å². The number of hydrogen-bond acceptors (Lipinski definition) is 5. The first-order chi connectivity index (χ1) is 17.0. The number of carbonyl (C=O) groups is 2. The van der Waals surface area contributed by atoms with Gasteiger partial charge < -0.3 is 24.4 Å². The average molecular weight is 481 g/mol. The van der Waals surface area contributed by atoms with Crippen molar-refractivity contribution in [2.75, 3.05) is 32.9 Å². The molecule has 2 aliphatic heterocycles. The quantitative estimate of drug-likeness (QED) is 0.515. The molecular formula is C28H36N2O5. The van der Waals surface area contributed by atoms with E-state index in [0.29, 0.717) is 56.4 Å². The molecule has 35 heavy (non-hydrogen) atoms. The second kappa shape index (κ2) is 11.1. The molecule has 7 nitrogen and oxygen atoms in total. The number of rotatable bonds is 10. The molecule has 7 heteroatoms. The summed E-state index contributed by atoms with van der Waals surface area (Å²) in [7, 11) is 0. The molecule has 0 unspecified atom stereocenters. The summed E-state index contributed by atoms with van der Waals surface area (Å²) in [5.74, 6) is 0.726. The summed E-state index contributed by atoms with van der Waals surface area (Å²) in [5, 5.41) is 3.10. The smallest absolute Gasteiger partial charge is 0.254 e. The van der Waals surface area contributed by atoms with Crippen LogP contribution in [0.2, 0.25) is 0 Å². The van der Waals surface area contributed by atoms with Crippen molar-refractivity contribution in [1.82, 2.24) is 10.2 Å². The van der Waals surface area contributed by atoms with E-state index in [1.54, 1.807) is 0 Å². The Morgan fingerprint density at radius 1 is 1.09 bits per heavy atom. The van der Waals surface area contributed by atoms with Crippen LogP contribution in [-0.2, 0) is 16.0 Å². The van der Waals surface area contributed by atoms with Crippen LogP contribution in [0.3, 0.4) is 0 Å². The lowest BCUT2D eigenvalue weighted by molar-refractivity contribution is -0.124. The van der Waals surface area contributed by atoms with Crippen LogP contribution in [0.4, 0.5) is 0 Å². The second-order valence-corrected chi connectivity index (χ2v) is 9.19. The number of amides is 2. The van der Waals surface area contributed by atoms with Gasteiger partial charge in [-0.05, 0) is 75.4 Å². The first-order valence-corrected chi connectivity index (χ1v) is 12.7. The van der Waals surface area contributed by atoms with Gasteiger partial charge in [-0.2, -0.15) is 0 Å². The standard InChI is InChI=1S/C28H36N2O5/c1-5-33-23-16-19-12-14-30-26(22(19)17-24(23)34-6-2)25(20-10-7-8-11-21(20)28(30)32)27(31)29-13-9-15-35-18(3)4/h7-8,10-11,16-18,25-26H,5-6,9,12-15H2,1-4H3,(H,29,31)/t25-,26-/m1/s1. The predicted octanol–water partition coefficient (Wildman–Crippen LogP) is 4.25. The molecule has 0 aromatic heterocycles. The molecule has 2 aliphatic rings. The summed E-state index contributed by atoms with van der Waals surface area (Å²) in [4.78, 5) is 29.0. The van der Waals surface area contributed by atoms with Crippen LogP contribution < -0.4 is 14.8 Å². The predicted molar refractivity (Wildman–Crippen MR) is 134 cm³/mol. The number of fused-ring (bicyclic) bond motifs is 4. The molecule has 0 aliphatic carbocycles. The minimum atomic E-state index is -0.513. The van der Waals surface area contributed by atoms with Gasteiger partial charge in [-0.1, -0.05) is 18.2 Å². The minimum Gasteiger partial charge on any atom is -0.490 e. The summed E-state index contributed by atoms with van der Waals surface area (Å²) in [6.45, 7) is 10.6. The number of nitrogens with one attached hydrogen (secondary N) is 1. The minimum absolute atomic E-state index is 0.0301. The Balaban J connectivity index is 1.71. The fraction of sp³-hybridized carbons (Fsp3) is 0.500. The van der Waals surface area contributed by atoms with E-state index in [0.717, 1.165) is 23.1 Å². The van der Waals surface area contributed by atoms with Crippen molar-refractivity contribution >= 4 is 11.8 Å². The van der Waals surface area contributed by atoms with Crippen LogP contribution >= 0.6 is 0 Å². The molecule has 4 rings (SSSR count). The van der Waals surface area contributed by atoms with Crippen molar-refractivity contribution in [2.45, 2.75) is 58.6 Å². The highest BCUT2D eigenvalue weighted by molar-refractivity contribution is 6.01. The highest BCUT2D eigenvalue weighted by Gasteiger charge is 2.46. The van der Waals surface area contributed by atoms with Crippen LogP contribution in [0.1, 0.15) is 73.1 Å². The van der Waals surface area contributed by atoms with E-state index in [1.807, 2.05) is 69.0 Å². The highest BCUT2D eigenvalue weighted by atomic mass is 16.5. The maximum atomic E-state index is 13.7. The normalized spacial score (nSPS) is 18.5. The van der Waals surface area contributed by atoms with Gasteiger partial charge >= 0.3 is 0 Å². The summed E-state index contributed by atoms with van der Waals surface area (Å²) in [6, 6.07) is 11.1. The number of benzene rings is 2. The molecule has 0 bridgehead atoms. The lowest BCUT2D eigenvalue weighted by Gasteiger charge is -2.45. The third-order valence-corrected chi connectivity index (χ3v) is 6.54. The van der Waals surface area contributed by atoms with Crippen LogP contribution in [0.25, 0.3) is 0 Å². The molecule has 0 saturated heterocycles. The van der Waals surface area contributed by atoms with Crippen LogP contribution in [-0.4, -0.2) is 55.7 Å². The fourth-order valence-corrected chi connectivity index (χ4v) is 5.07.